The maximum atomic E-state index is 10.5. The molecule has 0 aliphatic heterocycles. The van der Waals surface area contributed by atoms with Gasteiger partial charge < -0.3 is 19.1 Å². The van der Waals surface area contributed by atoms with Crippen LogP contribution in [0.1, 0.15) is 75.8 Å². The van der Waals surface area contributed by atoms with Crippen molar-refractivity contribution in [3.8, 4) is 28.3 Å². The van der Waals surface area contributed by atoms with Crippen LogP contribution >= 0.6 is 0 Å². The molecule has 0 saturated heterocycles. The Kier molecular flexibility index (Phi) is 11.7. The molecule has 4 aromatic heterocycles. The molecule has 1 radical (unpaired) electrons. The Balaban J connectivity index is 0.000000217. The number of imidazole rings is 1. The smallest absolute Gasteiger partial charge is 0.120 e. The van der Waals surface area contributed by atoms with Crippen LogP contribution in [0.5, 0.6) is 0 Å². The molecule has 4 heterocycles. The van der Waals surface area contributed by atoms with Crippen LogP contribution in [-0.2, 0) is 25.7 Å². The van der Waals surface area contributed by atoms with Gasteiger partial charge in [0.2, 0.25) is 0 Å². The van der Waals surface area contributed by atoms with Gasteiger partial charge in [-0.05, 0) is 72.3 Å². The van der Waals surface area contributed by atoms with Gasteiger partial charge in [-0.15, -0.1) is 54.1 Å². The van der Waals surface area contributed by atoms with E-state index in [1.807, 2.05) is 86.9 Å². The number of para-hydroxylation sites is 2. The molecule has 0 aliphatic rings. The van der Waals surface area contributed by atoms with Gasteiger partial charge in [0.05, 0.1) is 41.8 Å². The first kappa shape index (κ1) is 40.9. The summed E-state index contributed by atoms with van der Waals surface area (Å²) in [4.78, 5) is 14.4. The van der Waals surface area contributed by atoms with Crippen molar-refractivity contribution >= 4 is 46.2 Å². The molecule has 8 heteroatoms. The summed E-state index contributed by atoms with van der Waals surface area (Å²) in [5.74, 6) is 1.52. The summed E-state index contributed by atoms with van der Waals surface area (Å²) >= 11 is 0. The molecule has 0 spiro atoms. The van der Waals surface area contributed by atoms with Crippen LogP contribution < -0.4 is 5.19 Å². The molecule has 56 heavy (non-hydrogen) atoms. The fourth-order valence-corrected chi connectivity index (χ4v) is 9.09. The second-order valence-electron chi connectivity index (χ2n) is 16.5. The Hall–Kier alpha value is -4.72. The van der Waals surface area contributed by atoms with Gasteiger partial charge in [0, 0.05) is 43.6 Å². The average Bonchev–Trinajstić information content (AvgIpc) is 3.74. The summed E-state index contributed by atoms with van der Waals surface area (Å²) in [6.45, 7) is 21.5. The molecule has 0 bridgehead atoms. The maximum Gasteiger partial charge on any atom is 0.120 e. The minimum absolute atomic E-state index is 0. The Morgan fingerprint density at radius 3 is 2.14 bits per heavy atom. The van der Waals surface area contributed by atoms with E-state index in [-0.39, 0.29) is 20.1 Å². The average molecular weight is 935 g/mol. The Labute approximate surface area is 345 Å². The van der Waals surface area contributed by atoms with Crippen molar-refractivity contribution in [2.24, 2.45) is 0 Å². The molecule has 8 rings (SSSR count). The molecule has 0 atom stereocenters. The van der Waals surface area contributed by atoms with E-state index in [9.17, 15) is 5.11 Å². The number of hydrogen-bond donors (Lipinski definition) is 1. The van der Waals surface area contributed by atoms with E-state index < -0.39 is 13.7 Å². The van der Waals surface area contributed by atoms with E-state index in [2.05, 4.69) is 111 Å². The topological polar surface area (TPSA) is 77.0 Å². The number of aryl methyl sites for hydroxylation is 1. The molecule has 8 aromatic rings. The van der Waals surface area contributed by atoms with Gasteiger partial charge in [-0.25, -0.2) is 0 Å². The first-order valence-electron chi connectivity index (χ1n) is 19.1. The summed E-state index contributed by atoms with van der Waals surface area (Å²) in [6, 6.07) is 37.3. The van der Waals surface area contributed by atoms with Crippen molar-refractivity contribution in [1.29, 1.82) is 0 Å². The number of rotatable bonds is 7. The minimum atomic E-state index is -1.54. The van der Waals surface area contributed by atoms with E-state index in [1.165, 1.54) is 22.0 Å². The number of aromatic nitrogens is 4. The number of hydrogen-bond acceptors (Lipinski definition) is 5. The number of pyridine rings is 2. The molecule has 0 amide bonds. The van der Waals surface area contributed by atoms with E-state index >= 15 is 0 Å². The molecule has 1 N–H and O–H groups in total. The number of benzene rings is 4. The first-order chi connectivity index (χ1) is 26.1. The quantitative estimate of drug-likeness (QED) is 0.127. The van der Waals surface area contributed by atoms with Gasteiger partial charge in [0.25, 0.3) is 0 Å². The maximum absolute atomic E-state index is 10.5. The van der Waals surface area contributed by atoms with Crippen molar-refractivity contribution in [2.45, 2.75) is 85.5 Å². The molecular weight excluding hydrogens is 885 g/mol. The molecular formula is C48H50IrN4O2Si-2. The number of aliphatic hydroxyl groups is 1. The SMILES string of the molecule is CC(C)(O)c1cc(-c2[c-]cccc2)ncc1[Si](C)(C)C.Cc1nccc2nc(-c3[c-]ccc4c3oc3ccccc34)n(-c3c(C(C)C)cccc3C(C)C)c12.[Ir]. The third-order valence-corrected chi connectivity index (χ3v) is 12.2. The van der Waals surface area contributed by atoms with Gasteiger partial charge in [0.1, 0.15) is 5.58 Å². The summed E-state index contributed by atoms with van der Waals surface area (Å²) in [5, 5.41) is 13.9. The second kappa shape index (κ2) is 16.0. The van der Waals surface area contributed by atoms with E-state index in [0.29, 0.717) is 11.8 Å². The molecule has 0 saturated carbocycles. The van der Waals surface area contributed by atoms with Gasteiger partial charge in [-0.3, -0.25) is 9.97 Å². The van der Waals surface area contributed by atoms with Crippen LogP contribution in [0.2, 0.25) is 19.6 Å². The molecule has 4 aromatic carbocycles. The third-order valence-electron chi connectivity index (χ3n) is 10.2. The standard InChI is InChI=1S/C31H28N3O.C17H22NOSi.Ir/c1-18(2)21-11-8-12-22(19(3)4)29(21)34-28-20(5)32-17-16-26(28)33-31(34)25-14-9-13-24-23-10-6-7-15-27(23)35-30(24)25;1-17(2,19)14-11-15(13-9-7-6-8-10-13)18-12-16(14)20(3,4)5;/h6-13,15-19H,1-5H3;6-9,11-12,19H,1-5H3;/q2*-1;. The Bertz CT molecular complexity index is 2620. The number of nitrogens with zero attached hydrogens (tertiary/aromatic N) is 4. The third kappa shape index (κ3) is 7.81. The fraction of sp³-hybridized carbons (Fsp3) is 0.271. The molecule has 0 fully saturated rings. The van der Waals surface area contributed by atoms with Crippen molar-refractivity contribution < 1.29 is 29.6 Å². The van der Waals surface area contributed by atoms with Crippen LogP contribution in [0, 0.1) is 19.1 Å². The second-order valence-corrected chi connectivity index (χ2v) is 21.6. The molecule has 0 aliphatic carbocycles. The summed E-state index contributed by atoms with van der Waals surface area (Å²) in [6.07, 6.45) is 3.78. The monoisotopic (exact) mass is 935 g/mol. The van der Waals surface area contributed by atoms with Crippen LogP contribution in [0.4, 0.5) is 0 Å². The molecule has 6 nitrogen and oxygen atoms in total. The minimum Gasteiger partial charge on any atom is -0.501 e. The van der Waals surface area contributed by atoms with Gasteiger partial charge >= 0.3 is 0 Å². The summed E-state index contributed by atoms with van der Waals surface area (Å²) < 4.78 is 8.72. The van der Waals surface area contributed by atoms with E-state index in [0.717, 1.165) is 66.9 Å². The largest absolute Gasteiger partial charge is 0.501 e. The van der Waals surface area contributed by atoms with E-state index in [1.54, 1.807) is 0 Å². The number of fused-ring (bicyclic) bond motifs is 4. The predicted octanol–water partition coefficient (Wildman–Crippen LogP) is 11.7. The van der Waals surface area contributed by atoms with Crippen LogP contribution in [0.25, 0.3) is 61.3 Å². The molecule has 0 unspecified atom stereocenters. The van der Waals surface area contributed by atoms with Crippen LogP contribution in [0.3, 0.4) is 0 Å². The zero-order chi connectivity index (χ0) is 39.2. The van der Waals surface area contributed by atoms with Crippen molar-refractivity contribution in [3.63, 3.8) is 0 Å². The van der Waals surface area contributed by atoms with Crippen molar-refractivity contribution in [2.75, 3.05) is 0 Å². The van der Waals surface area contributed by atoms with Gasteiger partial charge in [0.15, 0.2) is 0 Å². The predicted molar refractivity (Wildman–Crippen MR) is 230 cm³/mol. The van der Waals surface area contributed by atoms with Crippen LogP contribution in [0.15, 0.2) is 108 Å². The number of furan rings is 1. The van der Waals surface area contributed by atoms with Crippen molar-refractivity contribution in [1.82, 2.24) is 19.5 Å². The van der Waals surface area contributed by atoms with Crippen LogP contribution in [-0.4, -0.2) is 32.7 Å². The summed E-state index contributed by atoms with van der Waals surface area (Å²) in [7, 11) is -1.54. The van der Waals surface area contributed by atoms with Gasteiger partial charge in [-0.2, -0.15) is 0 Å². The Morgan fingerprint density at radius 1 is 0.804 bits per heavy atom. The first-order valence-corrected chi connectivity index (χ1v) is 22.6. The zero-order valence-corrected chi connectivity index (χ0v) is 37.3. The zero-order valence-electron chi connectivity index (χ0n) is 33.9. The Morgan fingerprint density at radius 2 is 1.50 bits per heavy atom. The van der Waals surface area contributed by atoms with E-state index in [4.69, 9.17) is 9.40 Å². The summed E-state index contributed by atoms with van der Waals surface area (Å²) in [5.41, 5.74) is 11.2. The van der Waals surface area contributed by atoms with Crippen molar-refractivity contribution in [3.05, 3.63) is 138 Å². The molecule has 289 valence electrons. The normalized spacial score (nSPS) is 12.0. The fourth-order valence-electron chi connectivity index (χ4n) is 7.45. The van der Waals surface area contributed by atoms with Gasteiger partial charge in [-0.1, -0.05) is 101 Å².